The lowest BCUT2D eigenvalue weighted by Gasteiger charge is -2.26. The highest BCUT2D eigenvalue weighted by atomic mass is 35.5. The molecule has 0 aliphatic carbocycles. The Kier molecular flexibility index (Phi) is 8.40. The van der Waals surface area contributed by atoms with Crippen LogP contribution in [0.4, 0.5) is 0 Å². The smallest absolute Gasteiger partial charge is 0.335 e. The van der Waals surface area contributed by atoms with Gasteiger partial charge >= 0.3 is 5.97 Å². The predicted octanol–water partition coefficient (Wildman–Crippen LogP) is 8.31. The average Bonchev–Trinajstić information content (AvgIpc) is 3.27. The number of thioether (sulfide) groups is 1. The molecule has 0 aliphatic heterocycles. The van der Waals surface area contributed by atoms with Gasteiger partial charge in [-0.2, -0.15) is 0 Å². The molecule has 0 atom stereocenters. The minimum atomic E-state index is -0.929. The Balaban J connectivity index is 1.56. The topological polar surface area (TPSA) is 77.2 Å². The third kappa shape index (κ3) is 6.01. The Morgan fingerprint density at radius 2 is 1.74 bits per heavy atom. The number of halogens is 2. The number of aryl methyl sites for hydroxylation is 1. The van der Waals surface area contributed by atoms with E-state index in [1.54, 1.807) is 46.8 Å². The van der Waals surface area contributed by atoms with E-state index in [1.807, 2.05) is 25.1 Å². The number of hydrogen-bond acceptors (Lipinski definition) is 5. The van der Waals surface area contributed by atoms with E-state index in [9.17, 15) is 4.79 Å². The van der Waals surface area contributed by atoms with Gasteiger partial charge in [0.05, 0.1) is 21.3 Å². The molecule has 0 radical (unpaired) electrons. The van der Waals surface area contributed by atoms with Gasteiger partial charge in [0.15, 0.2) is 0 Å². The average molecular weight is 571 g/mol. The number of para-hydroxylation sites is 1. The summed E-state index contributed by atoms with van der Waals surface area (Å²) in [7, 11) is 0. The van der Waals surface area contributed by atoms with E-state index in [2.05, 4.69) is 50.1 Å². The summed E-state index contributed by atoms with van der Waals surface area (Å²) in [5.41, 5.74) is 4.60. The zero-order valence-electron chi connectivity index (χ0n) is 21.8. The molecule has 6 nitrogen and oxygen atoms in total. The van der Waals surface area contributed by atoms with Gasteiger partial charge in [-0.25, -0.2) is 9.48 Å². The van der Waals surface area contributed by atoms with Gasteiger partial charge in [-0.15, -0.1) is 16.9 Å². The van der Waals surface area contributed by atoms with Crippen LogP contribution in [-0.2, 0) is 11.4 Å². The second-order valence-electron chi connectivity index (χ2n) is 9.77. The van der Waals surface area contributed by atoms with Crippen molar-refractivity contribution in [2.45, 2.75) is 56.8 Å². The lowest BCUT2D eigenvalue weighted by molar-refractivity contribution is 0.0697. The number of carboxylic acid groups (broad SMARTS) is 1. The maximum atomic E-state index is 11.2. The Bertz CT molecular complexity index is 1450. The monoisotopic (exact) mass is 569 g/mol. The van der Waals surface area contributed by atoms with Gasteiger partial charge in [-0.3, -0.25) is 0 Å². The fourth-order valence-corrected chi connectivity index (χ4v) is 5.78. The normalized spacial score (nSPS) is 11.7. The van der Waals surface area contributed by atoms with Crippen LogP contribution in [0.2, 0.25) is 10.0 Å². The Morgan fingerprint density at radius 1 is 1.08 bits per heavy atom. The first kappa shape index (κ1) is 28.0. The molecule has 0 fully saturated rings. The molecule has 38 heavy (non-hydrogen) atoms. The van der Waals surface area contributed by atoms with Crippen molar-refractivity contribution in [3.05, 3.63) is 98.8 Å². The van der Waals surface area contributed by atoms with Crippen LogP contribution in [0, 0.1) is 6.92 Å². The van der Waals surface area contributed by atoms with E-state index in [0.717, 1.165) is 33.2 Å². The highest BCUT2D eigenvalue weighted by Gasteiger charge is 2.24. The summed E-state index contributed by atoms with van der Waals surface area (Å²) in [5, 5.41) is 18.9. The van der Waals surface area contributed by atoms with E-state index >= 15 is 0 Å². The molecule has 0 bridgehead atoms. The first-order valence-corrected chi connectivity index (χ1v) is 13.7. The number of aromatic nitrogens is 3. The predicted molar refractivity (Wildman–Crippen MR) is 153 cm³/mol. The van der Waals surface area contributed by atoms with Crippen LogP contribution in [0.25, 0.3) is 5.69 Å². The molecule has 0 saturated heterocycles. The van der Waals surface area contributed by atoms with Gasteiger partial charge in [0, 0.05) is 9.64 Å². The van der Waals surface area contributed by atoms with E-state index in [1.165, 1.54) is 0 Å². The van der Waals surface area contributed by atoms with Crippen LogP contribution in [0.15, 0.2) is 65.6 Å². The van der Waals surface area contributed by atoms with Crippen LogP contribution in [0.3, 0.4) is 0 Å². The number of aromatic carboxylic acids is 1. The Hall–Kier alpha value is -3.00. The van der Waals surface area contributed by atoms with E-state index < -0.39 is 5.97 Å². The molecule has 3 aromatic carbocycles. The fraction of sp³-hybridized carbons (Fsp3) is 0.276. The number of ether oxygens (including phenoxy) is 1. The second-order valence-corrected chi connectivity index (χ2v) is 12.3. The molecule has 4 rings (SSSR count). The van der Waals surface area contributed by atoms with Crippen LogP contribution in [0.1, 0.15) is 66.5 Å². The number of carbonyl (C=O) groups is 1. The van der Waals surface area contributed by atoms with Gasteiger partial charge in [-0.1, -0.05) is 60.5 Å². The number of benzene rings is 3. The summed E-state index contributed by atoms with van der Waals surface area (Å²) in [6.45, 7) is 10.7. The molecule has 9 heteroatoms. The zero-order valence-corrected chi connectivity index (χ0v) is 24.2. The van der Waals surface area contributed by atoms with Crippen molar-refractivity contribution in [3.63, 3.8) is 0 Å². The van der Waals surface area contributed by atoms with Crippen molar-refractivity contribution < 1.29 is 14.6 Å². The van der Waals surface area contributed by atoms with Gasteiger partial charge in [0.1, 0.15) is 23.7 Å². The lowest BCUT2D eigenvalue weighted by atomic mass is 10.00. The molecular weight excluding hydrogens is 541 g/mol. The van der Waals surface area contributed by atoms with E-state index in [4.69, 9.17) is 33.0 Å². The SMILES string of the molecule is Cc1cc(C(C)(C)Sc2ccc(C(=O)O)cc2)ccc1OCc1c(C(C)C)nnn1-c1c(Cl)cccc1Cl. The zero-order chi connectivity index (χ0) is 27.6. The molecule has 1 heterocycles. The standard InChI is InChI=1S/C29H29Cl2N3O3S/c1-17(2)26-24(34(33-32-26)27-22(30)7-6-8-23(27)31)16-37-25-14-11-20(15-18(25)3)29(4,5)38-21-12-9-19(10-13-21)28(35)36/h6-15,17H,16H2,1-5H3,(H,35,36). The summed E-state index contributed by atoms with van der Waals surface area (Å²) in [5.74, 6) is -0.0381. The van der Waals surface area contributed by atoms with Crippen molar-refractivity contribution in [1.82, 2.24) is 15.0 Å². The third-order valence-corrected chi connectivity index (χ3v) is 8.06. The highest BCUT2D eigenvalue weighted by Crippen LogP contribution is 2.42. The third-order valence-electron chi connectivity index (χ3n) is 6.20. The van der Waals surface area contributed by atoms with Crippen molar-refractivity contribution >= 4 is 40.9 Å². The van der Waals surface area contributed by atoms with Crippen LogP contribution in [0.5, 0.6) is 5.75 Å². The van der Waals surface area contributed by atoms with Gasteiger partial charge < -0.3 is 9.84 Å². The number of hydrogen-bond donors (Lipinski definition) is 1. The fourth-order valence-electron chi connectivity index (χ4n) is 4.12. The largest absolute Gasteiger partial charge is 0.487 e. The summed E-state index contributed by atoms with van der Waals surface area (Å²) in [4.78, 5) is 12.1. The van der Waals surface area contributed by atoms with Gasteiger partial charge in [-0.05, 0) is 80.3 Å². The van der Waals surface area contributed by atoms with Crippen LogP contribution >= 0.6 is 35.0 Å². The second kappa shape index (κ2) is 11.4. The van der Waals surface area contributed by atoms with Crippen LogP contribution < -0.4 is 4.74 Å². The number of nitrogens with zero attached hydrogens (tertiary/aromatic N) is 3. The maximum Gasteiger partial charge on any atom is 0.335 e. The Labute approximate surface area is 236 Å². The molecule has 0 saturated carbocycles. The maximum absolute atomic E-state index is 11.2. The minimum Gasteiger partial charge on any atom is -0.487 e. The molecule has 1 N–H and O–H groups in total. The highest BCUT2D eigenvalue weighted by molar-refractivity contribution is 8.00. The molecular formula is C29H29Cl2N3O3S. The van der Waals surface area contributed by atoms with Crippen LogP contribution in [-0.4, -0.2) is 26.1 Å². The lowest BCUT2D eigenvalue weighted by Crippen LogP contribution is -2.13. The van der Waals surface area contributed by atoms with E-state index in [-0.39, 0.29) is 22.8 Å². The quantitative estimate of drug-likeness (QED) is 0.204. The first-order valence-electron chi connectivity index (χ1n) is 12.1. The molecule has 0 spiro atoms. The minimum absolute atomic E-state index is 0.134. The summed E-state index contributed by atoms with van der Waals surface area (Å²) < 4.78 is 7.70. The molecule has 0 aliphatic rings. The summed E-state index contributed by atoms with van der Waals surface area (Å²) in [6.07, 6.45) is 0. The molecule has 4 aromatic rings. The Morgan fingerprint density at radius 3 is 2.32 bits per heavy atom. The first-order chi connectivity index (χ1) is 18.0. The van der Waals surface area contributed by atoms with E-state index in [0.29, 0.717) is 15.7 Å². The summed E-state index contributed by atoms with van der Waals surface area (Å²) >= 11 is 14.6. The van der Waals surface area contributed by atoms with Crippen molar-refractivity contribution in [1.29, 1.82) is 0 Å². The number of carboxylic acids is 1. The van der Waals surface area contributed by atoms with Crippen molar-refractivity contribution in [2.24, 2.45) is 0 Å². The molecule has 0 unspecified atom stereocenters. The molecule has 1 aromatic heterocycles. The van der Waals surface area contributed by atoms with Crippen molar-refractivity contribution in [2.75, 3.05) is 0 Å². The molecule has 0 amide bonds. The van der Waals surface area contributed by atoms with Gasteiger partial charge in [0.25, 0.3) is 0 Å². The number of rotatable bonds is 9. The van der Waals surface area contributed by atoms with Crippen molar-refractivity contribution in [3.8, 4) is 11.4 Å². The van der Waals surface area contributed by atoms with Gasteiger partial charge in [0.2, 0.25) is 0 Å². The summed E-state index contributed by atoms with van der Waals surface area (Å²) in [6, 6.07) is 18.4. The molecule has 198 valence electrons.